The highest BCUT2D eigenvalue weighted by Crippen LogP contribution is 2.16. The van der Waals surface area contributed by atoms with E-state index >= 15 is 0 Å². The summed E-state index contributed by atoms with van der Waals surface area (Å²) in [6.07, 6.45) is 10.5. The minimum absolute atomic E-state index is 0.838. The Morgan fingerprint density at radius 2 is 0.911 bits per heavy atom. The zero-order chi connectivity index (χ0) is 30.8. The molecule has 0 radical (unpaired) electrons. The molecule has 9 rings (SSSR count). The maximum Gasteiger partial charge on any atom is 0.0989 e. The van der Waals surface area contributed by atoms with Crippen LogP contribution in [0.3, 0.4) is 0 Å². The number of piperazine rings is 3. The summed E-state index contributed by atoms with van der Waals surface area (Å²) in [6, 6.07) is 0. The molecule has 9 heterocycles. The van der Waals surface area contributed by atoms with Crippen LogP contribution < -0.4 is 0 Å². The molecule has 2 bridgehead atoms. The summed E-state index contributed by atoms with van der Waals surface area (Å²) >= 11 is 0. The average molecular weight is 633 g/mol. The van der Waals surface area contributed by atoms with Crippen molar-refractivity contribution >= 4 is 11.7 Å². The third-order valence-corrected chi connectivity index (χ3v) is 10.2. The van der Waals surface area contributed by atoms with Crippen LogP contribution in [0.5, 0.6) is 0 Å². The minimum atomic E-state index is 0.838. The highest BCUT2D eigenvalue weighted by atomic mass is 16.5. The van der Waals surface area contributed by atoms with Crippen LogP contribution in [0.4, 0.5) is 0 Å². The third kappa shape index (κ3) is 13.0. The van der Waals surface area contributed by atoms with E-state index in [4.69, 9.17) is 14.2 Å². The second kappa shape index (κ2) is 20.8. The number of hydrogen-bond donors (Lipinski definition) is 0. The summed E-state index contributed by atoms with van der Waals surface area (Å²) < 4.78 is 16.3. The normalized spacial score (nSPS) is 28.4. The average Bonchev–Trinajstić information content (AvgIpc) is 3.48. The Morgan fingerprint density at radius 3 is 1.40 bits per heavy atom. The molecule has 0 aromatic rings. The fraction of sp³-hybridized carbons (Fsp3) is 0.941. The Kier molecular flexibility index (Phi) is 16.2. The molecule has 11 nitrogen and oxygen atoms in total. The monoisotopic (exact) mass is 633 g/mol. The molecule has 0 spiro atoms. The molecule has 11 heteroatoms. The SMILES string of the molecule is C1CCC2=NCCCN2CC1.C1CN(CCOCCN2CCOCC2)CCO1.C1CN2CCN1CC2.C1CN=C2CCCN2C1. The van der Waals surface area contributed by atoms with E-state index in [9.17, 15) is 0 Å². The van der Waals surface area contributed by atoms with E-state index in [1.807, 2.05) is 0 Å². The highest BCUT2D eigenvalue weighted by Gasteiger charge is 2.22. The van der Waals surface area contributed by atoms with Crippen molar-refractivity contribution < 1.29 is 14.2 Å². The molecule has 9 aliphatic rings. The van der Waals surface area contributed by atoms with Crippen LogP contribution in [0.25, 0.3) is 0 Å². The third-order valence-electron chi connectivity index (χ3n) is 10.2. The van der Waals surface area contributed by atoms with Crippen molar-refractivity contribution in [2.45, 2.75) is 51.4 Å². The van der Waals surface area contributed by atoms with E-state index in [1.165, 1.54) is 128 Å². The van der Waals surface area contributed by atoms with Crippen molar-refractivity contribution in [1.29, 1.82) is 0 Å². The number of rotatable bonds is 6. The first-order valence-corrected chi connectivity index (χ1v) is 18.5. The van der Waals surface area contributed by atoms with E-state index in [1.54, 1.807) is 0 Å². The number of amidine groups is 2. The smallest absolute Gasteiger partial charge is 0.0989 e. The van der Waals surface area contributed by atoms with Gasteiger partial charge in [0.1, 0.15) is 0 Å². The van der Waals surface area contributed by atoms with Crippen molar-refractivity contribution in [3.05, 3.63) is 0 Å². The van der Waals surface area contributed by atoms with Gasteiger partial charge in [0.2, 0.25) is 0 Å². The zero-order valence-corrected chi connectivity index (χ0v) is 28.4. The first-order chi connectivity index (χ1) is 22.3. The summed E-state index contributed by atoms with van der Waals surface area (Å²) in [7, 11) is 0. The van der Waals surface area contributed by atoms with Crippen LogP contribution in [0.15, 0.2) is 9.98 Å². The number of nitrogens with zero attached hydrogens (tertiary/aromatic N) is 8. The highest BCUT2D eigenvalue weighted by molar-refractivity contribution is 5.84. The van der Waals surface area contributed by atoms with Gasteiger partial charge in [0, 0.05) is 131 Å². The fourth-order valence-corrected chi connectivity index (χ4v) is 7.20. The van der Waals surface area contributed by atoms with Crippen LogP contribution >= 0.6 is 0 Å². The van der Waals surface area contributed by atoms with E-state index in [2.05, 4.69) is 39.4 Å². The van der Waals surface area contributed by atoms with E-state index < -0.39 is 0 Å². The molecule has 0 unspecified atom stereocenters. The minimum Gasteiger partial charge on any atom is -0.379 e. The molecule has 0 atom stereocenters. The Labute approximate surface area is 273 Å². The van der Waals surface area contributed by atoms with Gasteiger partial charge in [0.25, 0.3) is 0 Å². The lowest BCUT2D eigenvalue weighted by Gasteiger charge is -2.41. The number of morpholine rings is 2. The lowest BCUT2D eigenvalue weighted by atomic mass is 10.2. The second-order valence-electron chi connectivity index (χ2n) is 13.4. The lowest BCUT2D eigenvalue weighted by Crippen LogP contribution is -2.55. The summed E-state index contributed by atoms with van der Waals surface area (Å²) in [4.78, 5) is 23.8. The van der Waals surface area contributed by atoms with Gasteiger partial charge < -0.3 is 24.0 Å². The Bertz CT molecular complexity index is 813. The second-order valence-corrected chi connectivity index (χ2v) is 13.4. The topological polar surface area (TPSA) is 71.9 Å². The molecule has 258 valence electrons. The molecule has 7 saturated heterocycles. The van der Waals surface area contributed by atoms with Gasteiger partial charge in [-0.3, -0.25) is 29.6 Å². The molecule has 0 aromatic heterocycles. The molecular formula is C34H64N8O3. The number of aliphatic imine (C=N–C) groups is 2. The summed E-state index contributed by atoms with van der Waals surface area (Å²) in [5, 5.41) is 0. The van der Waals surface area contributed by atoms with Crippen LogP contribution in [-0.2, 0) is 14.2 Å². The molecule has 0 N–H and O–H groups in total. The number of hydrogen-bond acceptors (Lipinski definition) is 11. The van der Waals surface area contributed by atoms with Gasteiger partial charge in [-0.2, -0.15) is 0 Å². The lowest BCUT2D eigenvalue weighted by molar-refractivity contribution is 0.00538. The molecule has 0 aliphatic carbocycles. The van der Waals surface area contributed by atoms with E-state index in [0.29, 0.717) is 0 Å². The summed E-state index contributed by atoms with van der Waals surface area (Å²) in [5.74, 6) is 2.77. The number of fused-ring (bicyclic) bond motifs is 5. The predicted octanol–water partition coefficient (Wildman–Crippen LogP) is 1.83. The van der Waals surface area contributed by atoms with Crippen LogP contribution in [0.2, 0.25) is 0 Å². The van der Waals surface area contributed by atoms with Crippen molar-refractivity contribution in [2.24, 2.45) is 9.98 Å². The Hall–Kier alpha value is -1.34. The van der Waals surface area contributed by atoms with E-state index in [0.717, 1.165) is 92.0 Å². The molecule has 9 aliphatic heterocycles. The summed E-state index contributed by atoms with van der Waals surface area (Å²) in [6.45, 7) is 26.5. The largest absolute Gasteiger partial charge is 0.379 e. The Morgan fingerprint density at radius 1 is 0.467 bits per heavy atom. The van der Waals surface area contributed by atoms with Gasteiger partial charge in [-0.25, -0.2) is 0 Å². The predicted molar refractivity (Wildman–Crippen MR) is 183 cm³/mol. The van der Waals surface area contributed by atoms with Crippen LogP contribution in [0, 0.1) is 0 Å². The molecular weight excluding hydrogens is 568 g/mol. The van der Waals surface area contributed by atoms with Gasteiger partial charge in [0.15, 0.2) is 0 Å². The van der Waals surface area contributed by atoms with Crippen molar-refractivity contribution in [1.82, 2.24) is 29.4 Å². The maximum atomic E-state index is 5.67. The molecule has 7 fully saturated rings. The zero-order valence-electron chi connectivity index (χ0n) is 28.4. The molecule has 0 aromatic carbocycles. The summed E-state index contributed by atoms with van der Waals surface area (Å²) in [5.41, 5.74) is 0. The van der Waals surface area contributed by atoms with Gasteiger partial charge in [0.05, 0.1) is 51.3 Å². The van der Waals surface area contributed by atoms with Crippen molar-refractivity contribution in [2.75, 3.05) is 157 Å². The molecule has 0 amide bonds. The molecule has 45 heavy (non-hydrogen) atoms. The van der Waals surface area contributed by atoms with Gasteiger partial charge in [-0.1, -0.05) is 6.42 Å². The Balaban J connectivity index is 0.000000124. The van der Waals surface area contributed by atoms with Gasteiger partial charge >= 0.3 is 0 Å². The molecule has 0 saturated carbocycles. The quantitative estimate of drug-likeness (QED) is 0.408. The maximum absolute atomic E-state index is 5.67. The van der Waals surface area contributed by atoms with Gasteiger partial charge in [-0.05, 0) is 32.1 Å². The fourth-order valence-electron chi connectivity index (χ4n) is 7.20. The first kappa shape index (κ1) is 35.0. The standard InChI is InChI=1S/C12H24N2O3.C9H16N2.C7H12N2.C6H12N2/c1-7-15-8-2-13(1)5-11-17-12-6-14-3-9-16-10-4-14;1-2-5-9-10-6-4-8-11(9)7-3-1;1-3-7-8-4-2-6-9(7)5-1;1-2-8-5-3-7(1)4-6-8/h1-12H2;1-8H2;1-6H2;1-6H2. The van der Waals surface area contributed by atoms with Crippen molar-refractivity contribution in [3.63, 3.8) is 0 Å². The number of ether oxygens (including phenoxy) is 3. The van der Waals surface area contributed by atoms with Crippen molar-refractivity contribution in [3.8, 4) is 0 Å². The van der Waals surface area contributed by atoms with Crippen LogP contribution in [0.1, 0.15) is 51.4 Å². The first-order valence-electron chi connectivity index (χ1n) is 18.5. The van der Waals surface area contributed by atoms with E-state index in [-0.39, 0.29) is 0 Å². The van der Waals surface area contributed by atoms with Crippen LogP contribution in [-0.4, -0.2) is 199 Å². The van der Waals surface area contributed by atoms with Gasteiger partial charge in [-0.15, -0.1) is 0 Å².